The summed E-state index contributed by atoms with van der Waals surface area (Å²) in [5.74, 6) is 0.895. The van der Waals surface area contributed by atoms with E-state index in [4.69, 9.17) is 0 Å². The van der Waals surface area contributed by atoms with Crippen LogP contribution < -0.4 is 0 Å². The molecule has 1 nitrogen and oxygen atoms in total. The molecule has 2 aromatic rings. The second kappa shape index (κ2) is 5.92. The number of para-hydroxylation sites is 1. The summed E-state index contributed by atoms with van der Waals surface area (Å²) in [5, 5.41) is 10.0. The van der Waals surface area contributed by atoms with Gasteiger partial charge >= 0.3 is 0 Å². The van der Waals surface area contributed by atoms with Gasteiger partial charge in [-0.15, -0.1) is 0 Å². The number of hydrogen-bond acceptors (Lipinski definition) is 1. The normalized spacial score (nSPS) is 10.9. The number of hydrogen-bond donors (Lipinski definition) is 1. The second-order valence-corrected chi connectivity index (χ2v) is 5.34. The van der Waals surface area contributed by atoms with Crippen molar-refractivity contribution in [2.75, 3.05) is 0 Å². The second-order valence-electron chi connectivity index (χ2n) is 5.34. The molecule has 0 saturated carbocycles. The zero-order valence-corrected chi connectivity index (χ0v) is 12.0. The van der Waals surface area contributed by atoms with E-state index in [9.17, 15) is 5.11 Å². The summed E-state index contributed by atoms with van der Waals surface area (Å²) < 4.78 is 0. The van der Waals surface area contributed by atoms with Gasteiger partial charge in [-0.2, -0.15) is 0 Å². The Labute approximate surface area is 115 Å². The van der Waals surface area contributed by atoms with Crippen LogP contribution in [0.25, 0.3) is 11.1 Å². The van der Waals surface area contributed by atoms with Gasteiger partial charge in [-0.05, 0) is 35.1 Å². The van der Waals surface area contributed by atoms with Gasteiger partial charge in [-0.25, -0.2) is 0 Å². The monoisotopic (exact) mass is 254 g/mol. The molecule has 19 heavy (non-hydrogen) atoms. The molecule has 0 amide bonds. The first kappa shape index (κ1) is 13.7. The van der Waals surface area contributed by atoms with Crippen molar-refractivity contribution in [2.24, 2.45) is 0 Å². The minimum Gasteiger partial charge on any atom is -0.507 e. The number of benzene rings is 2. The Kier molecular flexibility index (Phi) is 4.26. The quantitative estimate of drug-likeness (QED) is 0.801. The highest BCUT2D eigenvalue weighted by atomic mass is 16.3. The number of aromatic hydroxyl groups is 1. The minimum atomic E-state index is 0.358. The first-order chi connectivity index (χ1) is 9.13. The number of phenols is 1. The Morgan fingerprint density at radius 3 is 2.37 bits per heavy atom. The van der Waals surface area contributed by atoms with Gasteiger partial charge in [0.05, 0.1) is 0 Å². The van der Waals surface area contributed by atoms with E-state index >= 15 is 0 Å². The number of aryl methyl sites for hydroxylation is 1. The van der Waals surface area contributed by atoms with Gasteiger partial charge in [0.2, 0.25) is 0 Å². The number of rotatable bonds is 4. The van der Waals surface area contributed by atoms with Crippen molar-refractivity contribution in [3.8, 4) is 16.9 Å². The SMILES string of the molecule is CCCc1cc(C(C)C)ccc1-c1ccccc1O. The highest BCUT2D eigenvalue weighted by molar-refractivity contribution is 5.73. The maximum absolute atomic E-state index is 10.0. The molecule has 0 saturated heterocycles. The van der Waals surface area contributed by atoms with Crippen molar-refractivity contribution < 1.29 is 5.11 Å². The summed E-state index contributed by atoms with van der Waals surface area (Å²) in [5.41, 5.74) is 4.78. The predicted molar refractivity (Wildman–Crippen MR) is 81.6 cm³/mol. The molecule has 0 spiro atoms. The Balaban J connectivity index is 2.53. The smallest absolute Gasteiger partial charge is 0.123 e. The van der Waals surface area contributed by atoms with Gasteiger partial charge < -0.3 is 5.11 Å². The van der Waals surface area contributed by atoms with Crippen LogP contribution in [0.1, 0.15) is 44.2 Å². The molecule has 1 heteroatoms. The van der Waals surface area contributed by atoms with Crippen LogP contribution in [0.2, 0.25) is 0 Å². The van der Waals surface area contributed by atoms with Crippen LogP contribution >= 0.6 is 0 Å². The third-order valence-electron chi connectivity index (χ3n) is 3.51. The van der Waals surface area contributed by atoms with Crippen LogP contribution in [0.5, 0.6) is 5.75 Å². The zero-order chi connectivity index (χ0) is 13.8. The largest absolute Gasteiger partial charge is 0.507 e. The molecule has 1 N–H and O–H groups in total. The molecule has 0 bridgehead atoms. The summed E-state index contributed by atoms with van der Waals surface area (Å²) in [4.78, 5) is 0. The molecule has 0 fully saturated rings. The van der Waals surface area contributed by atoms with Crippen molar-refractivity contribution in [3.05, 3.63) is 53.6 Å². The first-order valence-corrected chi connectivity index (χ1v) is 7.04. The predicted octanol–water partition coefficient (Wildman–Crippen LogP) is 5.14. The van der Waals surface area contributed by atoms with Gasteiger partial charge in [0.1, 0.15) is 5.75 Å². The van der Waals surface area contributed by atoms with E-state index in [1.54, 1.807) is 6.07 Å². The molecule has 0 aliphatic carbocycles. The van der Waals surface area contributed by atoms with Crippen LogP contribution in [0.4, 0.5) is 0 Å². The fourth-order valence-electron chi connectivity index (χ4n) is 2.41. The van der Waals surface area contributed by atoms with Gasteiger partial charge in [0.15, 0.2) is 0 Å². The molecule has 0 aliphatic rings. The molecule has 0 radical (unpaired) electrons. The van der Waals surface area contributed by atoms with Crippen LogP contribution in [-0.4, -0.2) is 5.11 Å². The topological polar surface area (TPSA) is 20.2 Å². The van der Waals surface area contributed by atoms with Crippen molar-refractivity contribution in [1.82, 2.24) is 0 Å². The lowest BCUT2D eigenvalue weighted by atomic mass is 9.91. The van der Waals surface area contributed by atoms with E-state index in [-0.39, 0.29) is 0 Å². The summed E-state index contributed by atoms with van der Waals surface area (Å²) in [7, 11) is 0. The summed E-state index contributed by atoms with van der Waals surface area (Å²) in [6, 6.07) is 14.2. The number of phenolic OH excluding ortho intramolecular Hbond substituents is 1. The maximum atomic E-state index is 10.0. The summed E-state index contributed by atoms with van der Waals surface area (Å²) >= 11 is 0. The Morgan fingerprint density at radius 2 is 1.74 bits per heavy atom. The molecule has 0 heterocycles. The Hall–Kier alpha value is -1.76. The van der Waals surface area contributed by atoms with Crippen LogP contribution in [0, 0.1) is 0 Å². The van der Waals surface area contributed by atoms with E-state index in [1.807, 2.05) is 18.2 Å². The third-order valence-corrected chi connectivity index (χ3v) is 3.51. The lowest BCUT2D eigenvalue weighted by Crippen LogP contribution is -1.95. The third kappa shape index (κ3) is 2.98. The molecular formula is C18H22O. The molecule has 0 unspecified atom stereocenters. The summed E-state index contributed by atoms with van der Waals surface area (Å²) in [6.07, 6.45) is 2.16. The van der Waals surface area contributed by atoms with Crippen LogP contribution in [0.3, 0.4) is 0 Å². The van der Waals surface area contributed by atoms with Gasteiger partial charge in [0.25, 0.3) is 0 Å². The van der Waals surface area contributed by atoms with Crippen molar-refractivity contribution in [3.63, 3.8) is 0 Å². The highest BCUT2D eigenvalue weighted by Gasteiger charge is 2.10. The maximum Gasteiger partial charge on any atom is 0.123 e. The van der Waals surface area contributed by atoms with Gasteiger partial charge in [-0.3, -0.25) is 0 Å². The van der Waals surface area contributed by atoms with Gasteiger partial charge in [-0.1, -0.05) is 63.6 Å². The average Bonchev–Trinajstić information content (AvgIpc) is 2.40. The first-order valence-electron chi connectivity index (χ1n) is 7.04. The Bertz CT molecular complexity index is 555. The fraction of sp³-hybridized carbons (Fsp3) is 0.333. The molecule has 2 rings (SSSR count). The molecule has 0 aliphatic heterocycles. The van der Waals surface area contributed by atoms with Crippen LogP contribution in [0.15, 0.2) is 42.5 Å². The van der Waals surface area contributed by atoms with E-state index in [0.717, 1.165) is 24.0 Å². The van der Waals surface area contributed by atoms with Crippen LogP contribution in [-0.2, 0) is 6.42 Å². The van der Waals surface area contributed by atoms with Crippen molar-refractivity contribution >= 4 is 0 Å². The lowest BCUT2D eigenvalue weighted by Gasteiger charge is -2.14. The van der Waals surface area contributed by atoms with E-state index < -0.39 is 0 Å². The molecule has 0 atom stereocenters. The lowest BCUT2D eigenvalue weighted by molar-refractivity contribution is 0.477. The highest BCUT2D eigenvalue weighted by Crippen LogP contribution is 2.33. The molecule has 2 aromatic carbocycles. The zero-order valence-electron chi connectivity index (χ0n) is 12.0. The van der Waals surface area contributed by atoms with E-state index in [2.05, 4.69) is 39.0 Å². The Morgan fingerprint density at radius 1 is 1.00 bits per heavy atom. The van der Waals surface area contributed by atoms with E-state index in [0.29, 0.717) is 11.7 Å². The minimum absolute atomic E-state index is 0.358. The molecule has 0 aromatic heterocycles. The van der Waals surface area contributed by atoms with Crippen molar-refractivity contribution in [1.29, 1.82) is 0 Å². The van der Waals surface area contributed by atoms with E-state index in [1.165, 1.54) is 11.1 Å². The molecular weight excluding hydrogens is 232 g/mol. The van der Waals surface area contributed by atoms with Crippen molar-refractivity contribution in [2.45, 2.75) is 39.5 Å². The average molecular weight is 254 g/mol. The molecule has 100 valence electrons. The standard InChI is InChI=1S/C18H22O/c1-4-7-15-12-14(13(2)3)10-11-16(15)17-8-5-6-9-18(17)19/h5-6,8-13,19H,4,7H2,1-3H3. The fourth-order valence-corrected chi connectivity index (χ4v) is 2.41. The van der Waals surface area contributed by atoms with Gasteiger partial charge in [0, 0.05) is 5.56 Å². The summed E-state index contributed by atoms with van der Waals surface area (Å²) in [6.45, 7) is 6.62.